The van der Waals surface area contributed by atoms with Crippen LogP contribution in [0.3, 0.4) is 0 Å². The van der Waals surface area contributed by atoms with Crippen LogP contribution in [0.25, 0.3) is 0 Å². The van der Waals surface area contributed by atoms with Crippen molar-refractivity contribution >= 4 is 5.97 Å². The predicted octanol–water partition coefficient (Wildman–Crippen LogP) is 4.30. The second kappa shape index (κ2) is 5.87. The number of esters is 1. The number of rotatable bonds is 3. The van der Waals surface area contributed by atoms with Gasteiger partial charge in [0.25, 0.3) is 0 Å². The number of aromatic hydroxyl groups is 2. The second-order valence-corrected chi connectivity index (χ2v) is 9.32. The fraction of sp³-hybridized carbons (Fsp3) is 0.682. The molecule has 2 aliphatic carbocycles. The third kappa shape index (κ3) is 2.24. The highest BCUT2D eigenvalue weighted by Gasteiger charge is 2.70. The van der Waals surface area contributed by atoms with E-state index in [1.165, 1.54) is 0 Å². The summed E-state index contributed by atoms with van der Waals surface area (Å²) in [4.78, 5) is 13.2. The molecule has 1 saturated heterocycles. The highest BCUT2D eigenvalue weighted by molar-refractivity contribution is 5.90. The zero-order valence-electron chi connectivity index (χ0n) is 16.8. The number of carbonyl (C=O) groups is 1. The molecule has 4 rings (SSSR count). The SMILES string of the molecule is CCO[C@@H]1c2cc(C(C)C)c(O)c(O)c2[C@@]23CCCC(C)(C)[C@@H]2[C@@H]1OC3=O. The summed E-state index contributed by atoms with van der Waals surface area (Å²) in [6, 6.07) is 1.92. The molecule has 2 N–H and O–H groups in total. The molecule has 1 aliphatic heterocycles. The van der Waals surface area contributed by atoms with E-state index in [4.69, 9.17) is 9.47 Å². The molecule has 0 amide bonds. The summed E-state index contributed by atoms with van der Waals surface area (Å²) >= 11 is 0. The van der Waals surface area contributed by atoms with Gasteiger partial charge in [0.15, 0.2) is 11.5 Å². The van der Waals surface area contributed by atoms with Gasteiger partial charge in [0.1, 0.15) is 17.6 Å². The molecule has 1 aromatic carbocycles. The molecule has 1 aromatic rings. The van der Waals surface area contributed by atoms with Crippen molar-refractivity contribution in [3.8, 4) is 11.5 Å². The maximum atomic E-state index is 13.2. The van der Waals surface area contributed by atoms with Crippen molar-refractivity contribution in [2.45, 2.75) is 77.4 Å². The number of hydrogen-bond donors (Lipinski definition) is 2. The van der Waals surface area contributed by atoms with Gasteiger partial charge in [-0.2, -0.15) is 0 Å². The van der Waals surface area contributed by atoms with Crippen molar-refractivity contribution < 1.29 is 24.5 Å². The summed E-state index contributed by atoms with van der Waals surface area (Å²) in [6.45, 7) is 10.7. The molecule has 0 spiro atoms. The Balaban J connectivity index is 2.06. The topological polar surface area (TPSA) is 76.0 Å². The first-order valence-electron chi connectivity index (χ1n) is 10.1. The molecule has 2 fully saturated rings. The maximum absolute atomic E-state index is 13.2. The van der Waals surface area contributed by atoms with Gasteiger partial charge in [-0.05, 0) is 42.7 Å². The van der Waals surface area contributed by atoms with Crippen LogP contribution in [-0.2, 0) is 19.7 Å². The normalized spacial score (nSPS) is 33.6. The summed E-state index contributed by atoms with van der Waals surface area (Å²) < 4.78 is 12.0. The number of fused-ring (bicyclic) bond motifs is 1. The Morgan fingerprint density at radius 3 is 2.59 bits per heavy atom. The van der Waals surface area contributed by atoms with Gasteiger partial charge >= 0.3 is 5.97 Å². The van der Waals surface area contributed by atoms with Crippen molar-refractivity contribution in [1.29, 1.82) is 0 Å². The number of benzene rings is 1. The van der Waals surface area contributed by atoms with Gasteiger partial charge in [-0.15, -0.1) is 0 Å². The van der Waals surface area contributed by atoms with Gasteiger partial charge < -0.3 is 19.7 Å². The Labute approximate surface area is 160 Å². The highest BCUT2D eigenvalue weighted by Crippen LogP contribution is 2.67. The molecule has 27 heavy (non-hydrogen) atoms. The molecule has 5 heteroatoms. The number of carbonyl (C=O) groups excluding carboxylic acids is 1. The minimum Gasteiger partial charge on any atom is -0.504 e. The molecule has 1 saturated carbocycles. The van der Waals surface area contributed by atoms with Crippen LogP contribution in [0.5, 0.6) is 11.5 Å². The smallest absolute Gasteiger partial charge is 0.317 e. The van der Waals surface area contributed by atoms with E-state index in [9.17, 15) is 15.0 Å². The first kappa shape index (κ1) is 18.6. The van der Waals surface area contributed by atoms with Crippen LogP contribution >= 0.6 is 0 Å². The molecule has 148 valence electrons. The molecule has 4 atom stereocenters. The number of phenols is 2. The minimum atomic E-state index is -0.896. The van der Waals surface area contributed by atoms with Crippen LogP contribution in [0.15, 0.2) is 6.07 Å². The minimum absolute atomic E-state index is 0.0377. The fourth-order valence-electron chi connectivity index (χ4n) is 6.05. The molecular weight excluding hydrogens is 344 g/mol. The van der Waals surface area contributed by atoms with Gasteiger partial charge in [0.05, 0.1) is 0 Å². The third-order valence-corrected chi connectivity index (χ3v) is 7.05. The zero-order valence-corrected chi connectivity index (χ0v) is 16.8. The van der Waals surface area contributed by atoms with Crippen molar-refractivity contribution in [3.05, 3.63) is 22.8 Å². The maximum Gasteiger partial charge on any atom is 0.317 e. The molecule has 0 radical (unpaired) electrons. The lowest BCUT2D eigenvalue weighted by molar-refractivity contribution is -0.150. The van der Waals surface area contributed by atoms with Crippen LogP contribution < -0.4 is 0 Å². The molecule has 1 heterocycles. The van der Waals surface area contributed by atoms with Crippen molar-refractivity contribution in [3.63, 3.8) is 0 Å². The predicted molar refractivity (Wildman–Crippen MR) is 101 cm³/mol. The molecule has 2 bridgehead atoms. The van der Waals surface area contributed by atoms with Crippen LogP contribution in [0.1, 0.15) is 82.6 Å². The van der Waals surface area contributed by atoms with Crippen molar-refractivity contribution in [1.82, 2.24) is 0 Å². The summed E-state index contributed by atoms with van der Waals surface area (Å²) in [5, 5.41) is 21.8. The summed E-state index contributed by atoms with van der Waals surface area (Å²) in [6.07, 6.45) is 1.74. The van der Waals surface area contributed by atoms with Crippen LogP contribution in [-0.4, -0.2) is 28.9 Å². The second-order valence-electron chi connectivity index (χ2n) is 9.32. The zero-order chi connectivity index (χ0) is 19.7. The first-order valence-corrected chi connectivity index (χ1v) is 10.1. The third-order valence-electron chi connectivity index (χ3n) is 7.05. The Morgan fingerprint density at radius 1 is 1.26 bits per heavy atom. The Morgan fingerprint density at radius 2 is 1.96 bits per heavy atom. The molecular formula is C22H30O5. The standard InChI is InChI=1S/C22H30O5/c1-6-26-17-13-10-12(11(2)3)15(23)16(24)14(13)22-9-7-8-21(4,5)19(22)18(17)27-20(22)25/h10-11,17-19,23-24H,6-9H2,1-5H3/t17-,18-,19+,22+/m1/s1. The van der Waals surface area contributed by atoms with E-state index in [0.717, 1.165) is 18.4 Å². The first-order chi connectivity index (χ1) is 12.7. The van der Waals surface area contributed by atoms with E-state index in [1.807, 2.05) is 26.8 Å². The highest BCUT2D eigenvalue weighted by atomic mass is 16.6. The van der Waals surface area contributed by atoms with Crippen LogP contribution in [0, 0.1) is 11.3 Å². The van der Waals surface area contributed by atoms with E-state index >= 15 is 0 Å². The van der Waals surface area contributed by atoms with Crippen molar-refractivity contribution in [2.75, 3.05) is 6.61 Å². The average molecular weight is 374 g/mol. The summed E-state index contributed by atoms with van der Waals surface area (Å²) in [5.41, 5.74) is 1.00. The largest absolute Gasteiger partial charge is 0.504 e. The van der Waals surface area contributed by atoms with Crippen LogP contribution in [0.4, 0.5) is 0 Å². The molecule has 0 aromatic heterocycles. The van der Waals surface area contributed by atoms with Gasteiger partial charge in [0, 0.05) is 23.7 Å². The fourth-order valence-corrected chi connectivity index (χ4v) is 6.05. The number of hydrogen-bond acceptors (Lipinski definition) is 5. The van der Waals surface area contributed by atoms with E-state index in [-0.39, 0.29) is 40.8 Å². The Kier molecular flexibility index (Phi) is 4.05. The number of phenolic OH excluding ortho intramolecular Hbond substituents is 2. The average Bonchev–Trinajstić information content (AvgIpc) is 2.84. The van der Waals surface area contributed by atoms with Gasteiger partial charge in [-0.25, -0.2) is 0 Å². The van der Waals surface area contributed by atoms with Gasteiger partial charge in [-0.1, -0.05) is 34.1 Å². The van der Waals surface area contributed by atoms with E-state index in [0.29, 0.717) is 24.2 Å². The summed E-state index contributed by atoms with van der Waals surface area (Å²) in [5.74, 6) is -0.600. The monoisotopic (exact) mass is 374 g/mol. The van der Waals surface area contributed by atoms with Crippen molar-refractivity contribution in [2.24, 2.45) is 11.3 Å². The molecule has 3 aliphatic rings. The number of ether oxygens (including phenoxy) is 2. The lowest BCUT2D eigenvalue weighted by atomic mass is 9.49. The lowest BCUT2D eigenvalue weighted by Gasteiger charge is -2.52. The van der Waals surface area contributed by atoms with Crippen LogP contribution in [0.2, 0.25) is 0 Å². The quantitative estimate of drug-likeness (QED) is 0.609. The molecule has 5 nitrogen and oxygen atoms in total. The molecule has 0 unspecified atom stereocenters. The van der Waals surface area contributed by atoms with Gasteiger partial charge in [-0.3, -0.25) is 4.79 Å². The Bertz CT molecular complexity index is 796. The van der Waals surface area contributed by atoms with E-state index < -0.39 is 11.5 Å². The van der Waals surface area contributed by atoms with E-state index in [2.05, 4.69) is 13.8 Å². The lowest BCUT2D eigenvalue weighted by Crippen LogP contribution is -2.54. The summed E-state index contributed by atoms with van der Waals surface area (Å²) in [7, 11) is 0. The van der Waals surface area contributed by atoms with Gasteiger partial charge in [0.2, 0.25) is 0 Å². The Hall–Kier alpha value is -1.75. The van der Waals surface area contributed by atoms with E-state index in [1.54, 1.807) is 0 Å².